The largest absolute Gasteiger partial charge is 0.507 e. The highest BCUT2D eigenvalue weighted by atomic mass is 16.3. The third-order valence-corrected chi connectivity index (χ3v) is 13.5. The standard InChI is InChI=1S/C65H67N3O/c1-40(2)47-36-56(42(5)6)62(69)57(37-47)63-67-61-52(22-18-24-60(61)68(63)51-29-30-53(55(39-51)41(3)4)54-21-16-17-23-58(54)65(10,11)12)48-33-49(35-50(34-48)64(7,8)9)59-38-46(31-32-66-59)45-27-25-44(26-28-45)43-19-14-13-15-20-43/h13-42,69H,1-12H3/i40D,41D,42D. The Labute approximate surface area is 415 Å². The molecule has 348 valence electrons. The fourth-order valence-corrected chi connectivity index (χ4v) is 9.56. The summed E-state index contributed by atoms with van der Waals surface area (Å²) in [4.78, 5) is 10.5. The van der Waals surface area contributed by atoms with Crippen LogP contribution in [0.5, 0.6) is 5.75 Å². The highest BCUT2D eigenvalue weighted by Crippen LogP contribution is 2.45. The molecule has 0 saturated carbocycles. The molecule has 0 unspecified atom stereocenters. The van der Waals surface area contributed by atoms with Crippen LogP contribution in [-0.4, -0.2) is 19.6 Å². The summed E-state index contributed by atoms with van der Waals surface area (Å²) in [5.41, 5.74) is 17.0. The number of phenols is 1. The molecule has 1 N–H and O–H groups in total. The lowest BCUT2D eigenvalue weighted by molar-refractivity contribution is 0.466. The van der Waals surface area contributed by atoms with E-state index in [1.54, 1.807) is 19.9 Å². The first-order valence-electron chi connectivity index (χ1n) is 25.7. The first kappa shape index (κ1) is 43.3. The summed E-state index contributed by atoms with van der Waals surface area (Å²) in [5.74, 6) is -2.81. The highest BCUT2D eigenvalue weighted by Gasteiger charge is 2.26. The van der Waals surface area contributed by atoms with Gasteiger partial charge in [-0.15, -0.1) is 0 Å². The molecule has 0 radical (unpaired) electrons. The van der Waals surface area contributed by atoms with E-state index in [1.165, 1.54) is 16.7 Å². The summed E-state index contributed by atoms with van der Waals surface area (Å²) in [6, 6.07) is 54.8. The van der Waals surface area contributed by atoms with Crippen molar-refractivity contribution in [3.63, 3.8) is 0 Å². The predicted octanol–water partition coefficient (Wildman–Crippen LogP) is 18.1. The second-order valence-electron chi connectivity index (χ2n) is 21.3. The Morgan fingerprint density at radius 3 is 1.80 bits per heavy atom. The quantitative estimate of drug-likeness (QED) is 0.149. The SMILES string of the molecule is [2H]C(C)(C)c1cc(-c2nc3c(-c4cc(-c5cc(-c6ccc(-c7ccccc7)cc6)ccn5)cc(C(C)(C)C)c4)cccc3n2-c2ccc(-c3ccccc3C(C)(C)C)c(C([2H])(C)C)c2)c(O)c(C([2H])(C)C)c1. The number of phenolic OH excluding ortho intramolecular Hbond substituents is 1. The van der Waals surface area contributed by atoms with E-state index in [-0.39, 0.29) is 16.6 Å². The molecule has 4 heteroatoms. The second kappa shape index (κ2) is 18.5. The van der Waals surface area contributed by atoms with Gasteiger partial charge < -0.3 is 5.11 Å². The lowest BCUT2D eigenvalue weighted by Crippen LogP contribution is -2.13. The normalized spacial score (nSPS) is 13.3. The molecular formula is C65H67N3O. The van der Waals surface area contributed by atoms with E-state index < -0.39 is 17.7 Å². The summed E-state index contributed by atoms with van der Waals surface area (Å²) in [5, 5.41) is 12.4. The Hall–Kier alpha value is -7.04. The van der Waals surface area contributed by atoms with Crippen LogP contribution in [0.2, 0.25) is 0 Å². The minimum atomic E-state index is -1.19. The molecule has 0 aliphatic rings. The molecule has 9 rings (SSSR count). The molecule has 69 heavy (non-hydrogen) atoms. The maximum Gasteiger partial charge on any atom is 0.149 e. The number of hydrogen-bond donors (Lipinski definition) is 1. The van der Waals surface area contributed by atoms with Crippen molar-refractivity contribution in [2.24, 2.45) is 0 Å². The summed E-state index contributed by atoms with van der Waals surface area (Å²) in [7, 11) is 0. The van der Waals surface area contributed by atoms with E-state index in [0.717, 1.165) is 72.5 Å². The van der Waals surface area contributed by atoms with Crippen molar-refractivity contribution in [2.75, 3.05) is 0 Å². The van der Waals surface area contributed by atoms with Crippen molar-refractivity contribution < 1.29 is 9.22 Å². The maximum atomic E-state index is 12.4. The molecular weight excluding hydrogens is 839 g/mol. The monoisotopic (exact) mass is 909 g/mol. The van der Waals surface area contributed by atoms with Gasteiger partial charge in [0.15, 0.2) is 0 Å². The molecule has 0 atom stereocenters. The molecule has 2 heterocycles. The Morgan fingerprint density at radius 1 is 0.493 bits per heavy atom. The Balaban J connectivity index is 1.29. The Bertz CT molecular complexity index is 3480. The number of para-hydroxylation sites is 1. The molecule has 9 aromatic rings. The first-order chi connectivity index (χ1) is 33.8. The van der Waals surface area contributed by atoms with Crippen LogP contribution in [0, 0.1) is 0 Å². The van der Waals surface area contributed by atoms with Gasteiger partial charge in [-0.3, -0.25) is 9.55 Å². The second-order valence-corrected chi connectivity index (χ2v) is 21.3. The van der Waals surface area contributed by atoms with E-state index in [1.807, 2.05) is 46.0 Å². The van der Waals surface area contributed by atoms with E-state index in [2.05, 4.69) is 186 Å². The van der Waals surface area contributed by atoms with Crippen molar-refractivity contribution in [3.05, 3.63) is 192 Å². The fraction of sp³-hybridized carbons (Fsp3) is 0.262. The van der Waals surface area contributed by atoms with Crippen LogP contribution in [0.4, 0.5) is 0 Å². The number of imidazole rings is 1. The van der Waals surface area contributed by atoms with Crippen LogP contribution in [-0.2, 0) is 10.8 Å². The van der Waals surface area contributed by atoms with Gasteiger partial charge in [0.25, 0.3) is 0 Å². The van der Waals surface area contributed by atoms with Gasteiger partial charge in [0, 0.05) is 27.1 Å². The number of rotatable bonds is 10. The molecule has 7 aromatic carbocycles. The molecule has 0 spiro atoms. The van der Waals surface area contributed by atoms with Crippen molar-refractivity contribution in [1.82, 2.24) is 14.5 Å². The molecule has 2 aromatic heterocycles. The smallest absolute Gasteiger partial charge is 0.149 e. The van der Waals surface area contributed by atoms with Gasteiger partial charge in [-0.05, 0) is 144 Å². The van der Waals surface area contributed by atoms with Crippen LogP contribution in [0.1, 0.15) is 133 Å². The summed E-state index contributed by atoms with van der Waals surface area (Å²) >= 11 is 0. The molecule has 0 fully saturated rings. The zero-order valence-electron chi connectivity index (χ0n) is 45.4. The summed E-state index contributed by atoms with van der Waals surface area (Å²) in [6.07, 6.45) is 1.89. The lowest BCUT2D eigenvalue weighted by atomic mass is 9.80. The molecule has 0 saturated heterocycles. The number of nitrogens with zero attached hydrogens (tertiary/aromatic N) is 3. The van der Waals surface area contributed by atoms with Crippen LogP contribution >= 0.6 is 0 Å². The van der Waals surface area contributed by atoms with E-state index in [0.29, 0.717) is 22.5 Å². The van der Waals surface area contributed by atoms with E-state index >= 15 is 0 Å². The van der Waals surface area contributed by atoms with Gasteiger partial charge in [0.2, 0.25) is 0 Å². The molecule has 4 nitrogen and oxygen atoms in total. The third-order valence-electron chi connectivity index (χ3n) is 13.5. The lowest BCUT2D eigenvalue weighted by Gasteiger charge is -2.25. The van der Waals surface area contributed by atoms with Crippen molar-refractivity contribution in [2.45, 2.75) is 112 Å². The third kappa shape index (κ3) is 9.30. The van der Waals surface area contributed by atoms with Crippen molar-refractivity contribution >= 4 is 11.0 Å². The number of pyridine rings is 1. The van der Waals surface area contributed by atoms with E-state index in [9.17, 15) is 9.22 Å². The van der Waals surface area contributed by atoms with Gasteiger partial charge in [-0.2, -0.15) is 0 Å². The van der Waals surface area contributed by atoms with Gasteiger partial charge in [0.1, 0.15) is 11.6 Å². The van der Waals surface area contributed by atoms with Gasteiger partial charge >= 0.3 is 0 Å². The maximum absolute atomic E-state index is 12.4. The Kier molecular flexibility index (Phi) is 11.6. The predicted molar refractivity (Wildman–Crippen MR) is 293 cm³/mol. The number of aromatic nitrogens is 3. The average Bonchev–Trinajstić information content (AvgIpc) is 3.72. The van der Waals surface area contributed by atoms with Gasteiger partial charge in [-0.1, -0.05) is 192 Å². The highest BCUT2D eigenvalue weighted by molar-refractivity contribution is 5.97. The van der Waals surface area contributed by atoms with Crippen LogP contribution in [0.15, 0.2) is 164 Å². The fourth-order valence-electron chi connectivity index (χ4n) is 9.56. The number of aromatic hydroxyl groups is 1. The first-order valence-corrected chi connectivity index (χ1v) is 24.2. The molecule has 0 aliphatic carbocycles. The zero-order chi connectivity index (χ0) is 51.7. The van der Waals surface area contributed by atoms with Crippen LogP contribution in [0.3, 0.4) is 0 Å². The topological polar surface area (TPSA) is 50.9 Å². The zero-order valence-corrected chi connectivity index (χ0v) is 42.4. The number of benzene rings is 7. The van der Waals surface area contributed by atoms with Crippen LogP contribution < -0.4 is 0 Å². The van der Waals surface area contributed by atoms with E-state index in [4.69, 9.17) is 9.97 Å². The van der Waals surface area contributed by atoms with Gasteiger partial charge in [0.05, 0.1) is 22.3 Å². The van der Waals surface area contributed by atoms with Crippen molar-refractivity contribution in [1.29, 1.82) is 0 Å². The Morgan fingerprint density at radius 2 is 1.13 bits per heavy atom. The number of hydrogen-bond acceptors (Lipinski definition) is 3. The molecule has 0 amide bonds. The minimum Gasteiger partial charge on any atom is -0.507 e. The molecule has 0 aliphatic heterocycles. The molecule has 0 bridgehead atoms. The minimum absolute atomic E-state index is 0.0458. The summed E-state index contributed by atoms with van der Waals surface area (Å²) in [6.45, 7) is 24.4. The number of fused-ring (bicyclic) bond motifs is 1. The van der Waals surface area contributed by atoms with Crippen molar-refractivity contribution in [3.8, 4) is 78.6 Å². The average molecular weight is 909 g/mol. The summed E-state index contributed by atoms with van der Waals surface area (Å²) < 4.78 is 30.1. The van der Waals surface area contributed by atoms with Crippen LogP contribution in [0.25, 0.3) is 83.9 Å². The van der Waals surface area contributed by atoms with Gasteiger partial charge in [-0.25, -0.2) is 4.98 Å².